The number of aliphatic carboxylic acids is 1. The lowest BCUT2D eigenvalue weighted by molar-refractivity contribution is -0.153. The van der Waals surface area contributed by atoms with Gasteiger partial charge < -0.3 is 5.11 Å². The van der Waals surface area contributed by atoms with Crippen LogP contribution in [0.15, 0.2) is 24.3 Å². The van der Waals surface area contributed by atoms with Crippen LogP contribution in [-0.2, 0) is 28.1 Å². The van der Waals surface area contributed by atoms with Crippen LogP contribution in [0.25, 0.3) is 0 Å². The number of hydrogen-bond acceptors (Lipinski definition) is 3. The van der Waals surface area contributed by atoms with Crippen LogP contribution in [0.3, 0.4) is 0 Å². The second-order valence-corrected chi connectivity index (χ2v) is 7.30. The number of fused-ring (bicyclic) bond motifs is 1. The first kappa shape index (κ1) is 13.5. The van der Waals surface area contributed by atoms with Crippen LogP contribution in [-0.4, -0.2) is 40.2 Å². The van der Waals surface area contributed by atoms with E-state index in [1.807, 2.05) is 24.3 Å². The Bertz CT molecular complexity index is 648. The van der Waals surface area contributed by atoms with Crippen molar-refractivity contribution < 1.29 is 18.3 Å². The number of carboxylic acids is 1. The number of nitrogens with zero attached hydrogens (tertiary/aromatic N) is 2. The van der Waals surface area contributed by atoms with Crippen LogP contribution in [0.1, 0.15) is 24.5 Å². The van der Waals surface area contributed by atoms with Gasteiger partial charge in [-0.05, 0) is 24.5 Å². The first-order valence-electron chi connectivity index (χ1n) is 6.44. The summed E-state index contributed by atoms with van der Waals surface area (Å²) in [6.07, 6.45) is 0.350. The van der Waals surface area contributed by atoms with Gasteiger partial charge in [-0.2, -0.15) is 17.0 Å². The van der Waals surface area contributed by atoms with Crippen LogP contribution >= 0.6 is 0 Å². The molecule has 20 heavy (non-hydrogen) atoms. The molecule has 1 saturated heterocycles. The Balaban J connectivity index is 1.87. The molecule has 2 aliphatic rings. The summed E-state index contributed by atoms with van der Waals surface area (Å²) >= 11 is 0. The summed E-state index contributed by atoms with van der Waals surface area (Å²) in [5, 5.41) is 9.22. The molecule has 1 fully saturated rings. The average Bonchev–Trinajstić information content (AvgIpc) is 2.80. The van der Waals surface area contributed by atoms with Crippen molar-refractivity contribution in [3.05, 3.63) is 35.4 Å². The van der Waals surface area contributed by atoms with Crippen LogP contribution in [0.4, 0.5) is 0 Å². The van der Waals surface area contributed by atoms with E-state index in [-0.39, 0.29) is 6.54 Å². The zero-order chi connectivity index (χ0) is 14.5. The summed E-state index contributed by atoms with van der Waals surface area (Å²) in [4.78, 5) is 11.3. The van der Waals surface area contributed by atoms with Gasteiger partial charge in [0.2, 0.25) is 0 Å². The minimum absolute atomic E-state index is 0.262. The van der Waals surface area contributed by atoms with Gasteiger partial charge in [-0.25, -0.2) is 0 Å². The molecule has 0 amide bonds. The third-order valence-corrected chi connectivity index (χ3v) is 6.28. The van der Waals surface area contributed by atoms with Crippen molar-refractivity contribution in [3.63, 3.8) is 0 Å². The molecule has 0 spiro atoms. The SMILES string of the molecule is CC1(C(=O)O)CCN1S(=O)(=O)N1Cc2ccccc2C1. The molecule has 6 nitrogen and oxygen atoms in total. The van der Waals surface area contributed by atoms with Gasteiger partial charge in [-0.15, -0.1) is 0 Å². The van der Waals surface area contributed by atoms with E-state index in [0.717, 1.165) is 15.4 Å². The highest BCUT2D eigenvalue weighted by molar-refractivity contribution is 7.86. The number of benzene rings is 1. The lowest BCUT2D eigenvalue weighted by atomic mass is 9.90. The van der Waals surface area contributed by atoms with Crippen LogP contribution in [0.5, 0.6) is 0 Å². The summed E-state index contributed by atoms with van der Waals surface area (Å²) in [5.41, 5.74) is 0.649. The van der Waals surface area contributed by atoms with Gasteiger partial charge in [0.1, 0.15) is 5.54 Å². The second kappa shape index (κ2) is 4.28. The van der Waals surface area contributed by atoms with Crippen LogP contribution in [0, 0.1) is 0 Å². The molecule has 1 unspecified atom stereocenters. The number of carboxylic acid groups (broad SMARTS) is 1. The molecule has 1 aromatic carbocycles. The molecule has 0 bridgehead atoms. The second-order valence-electron chi connectivity index (χ2n) is 5.45. The smallest absolute Gasteiger partial charge is 0.324 e. The maximum absolute atomic E-state index is 12.6. The maximum Gasteiger partial charge on any atom is 0.324 e. The molecule has 7 heteroatoms. The number of carbonyl (C=O) groups is 1. The molecule has 0 radical (unpaired) electrons. The van der Waals surface area contributed by atoms with E-state index in [9.17, 15) is 18.3 Å². The van der Waals surface area contributed by atoms with E-state index in [0.29, 0.717) is 19.5 Å². The van der Waals surface area contributed by atoms with Gasteiger partial charge in [-0.1, -0.05) is 24.3 Å². The predicted octanol–water partition coefficient (Wildman–Crippen LogP) is 0.796. The Morgan fingerprint density at radius 2 is 1.80 bits per heavy atom. The molecule has 108 valence electrons. The van der Waals surface area contributed by atoms with E-state index in [4.69, 9.17) is 0 Å². The molecule has 0 saturated carbocycles. The largest absolute Gasteiger partial charge is 0.480 e. The zero-order valence-corrected chi connectivity index (χ0v) is 11.9. The Kier molecular flexibility index (Phi) is 2.89. The molecule has 1 atom stereocenters. The van der Waals surface area contributed by atoms with Crippen LogP contribution < -0.4 is 0 Å². The van der Waals surface area contributed by atoms with E-state index in [1.165, 1.54) is 11.2 Å². The van der Waals surface area contributed by atoms with Gasteiger partial charge in [0.15, 0.2) is 0 Å². The first-order valence-corrected chi connectivity index (χ1v) is 7.83. The molecular formula is C13H16N2O4S. The summed E-state index contributed by atoms with van der Waals surface area (Å²) in [6.45, 7) is 2.34. The lowest BCUT2D eigenvalue weighted by Crippen LogP contribution is -2.66. The fourth-order valence-electron chi connectivity index (χ4n) is 2.73. The van der Waals surface area contributed by atoms with Crippen molar-refractivity contribution in [3.8, 4) is 0 Å². The minimum atomic E-state index is -3.74. The molecule has 1 N–H and O–H groups in total. The highest BCUT2D eigenvalue weighted by Gasteiger charge is 2.55. The predicted molar refractivity (Wildman–Crippen MR) is 72.0 cm³/mol. The Morgan fingerprint density at radius 1 is 1.25 bits per heavy atom. The third kappa shape index (κ3) is 1.77. The lowest BCUT2D eigenvalue weighted by Gasteiger charge is -2.46. The van der Waals surface area contributed by atoms with Gasteiger partial charge in [0, 0.05) is 19.6 Å². The molecule has 0 aliphatic carbocycles. The summed E-state index contributed by atoms with van der Waals surface area (Å²) in [6, 6.07) is 7.55. The van der Waals surface area contributed by atoms with Crippen molar-refractivity contribution in [2.75, 3.05) is 6.54 Å². The van der Waals surface area contributed by atoms with Gasteiger partial charge in [0.25, 0.3) is 10.2 Å². The van der Waals surface area contributed by atoms with Crippen molar-refractivity contribution in [1.82, 2.24) is 8.61 Å². The van der Waals surface area contributed by atoms with Crippen molar-refractivity contribution in [2.24, 2.45) is 0 Å². The van der Waals surface area contributed by atoms with Crippen molar-refractivity contribution in [2.45, 2.75) is 32.0 Å². The van der Waals surface area contributed by atoms with Gasteiger partial charge >= 0.3 is 5.97 Å². The third-order valence-electron chi connectivity index (χ3n) is 4.23. The van der Waals surface area contributed by atoms with Crippen molar-refractivity contribution in [1.29, 1.82) is 0 Å². The first-order chi connectivity index (χ1) is 9.35. The molecule has 3 rings (SSSR count). The number of rotatable bonds is 3. The topological polar surface area (TPSA) is 77.9 Å². The fraction of sp³-hybridized carbons (Fsp3) is 0.462. The fourth-order valence-corrected chi connectivity index (χ4v) is 4.61. The molecule has 1 aromatic rings. The summed E-state index contributed by atoms with van der Waals surface area (Å²) in [7, 11) is -3.74. The van der Waals surface area contributed by atoms with Gasteiger partial charge in [0.05, 0.1) is 0 Å². The molecule has 2 heterocycles. The van der Waals surface area contributed by atoms with Gasteiger partial charge in [-0.3, -0.25) is 4.79 Å². The summed E-state index contributed by atoms with van der Waals surface area (Å²) < 4.78 is 27.6. The standard InChI is InChI=1S/C13H16N2O4S/c1-13(12(16)17)6-7-15(13)20(18,19)14-8-10-4-2-3-5-11(10)9-14/h2-5H,6-9H2,1H3,(H,16,17). The highest BCUT2D eigenvalue weighted by Crippen LogP contribution is 2.37. The van der Waals surface area contributed by atoms with E-state index < -0.39 is 21.7 Å². The van der Waals surface area contributed by atoms with Crippen molar-refractivity contribution >= 4 is 16.2 Å². The molecule has 2 aliphatic heterocycles. The van der Waals surface area contributed by atoms with E-state index >= 15 is 0 Å². The van der Waals surface area contributed by atoms with E-state index in [2.05, 4.69) is 0 Å². The summed E-state index contributed by atoms with van der Waals surface area (Å²) in [5.74, 6) is -1.09. The Hall–Kier alpha value is -1.44. The molecule has 0 aromatic heterocycles. The average molecular weight is 296 g/mol. The van der Waals surface area contributed by atoms with Crippen LogP contribution in [0.2, 0.25) is 0 Å². The maximum atomic E-state index is 12.6. The minimum Gasteiger partial charge on any atom is -0.480 e. The number of hydrogen-bond donors (Lipinski definition) is 1. The quantitative estimate of drug-likeness (QED) is 0.895. The Labute approximate surface area is 117 Å². The Morgan fingerprint density at radius 3 is 2.20 bits per heavy atom. The molecular weight excluding hydrogens is 280 g/mol. The normalized spacial score (nSPS) is 27.1. The highest BCUT2D eigenvalue weighted by atomic mass is 32.2. The van der Waals surface area contributed by atoms with E-state index in [1.54, 1.807) is 0 Å². The monoisotopic (exact) mass is 296 g/mol. The zero-order valence-electron chi connectivity index (χ0n) is 11.1.